The Labute approximate surface area is 153 Å². The third-order valence-electron chi connectivity index (χ3n) is 4.12. The van der Waals surface area contributed by atoms with E-state index in [1.807, 2.05) is 11.9 Å². The van der Waals surface area contributed by atoms with Gasteiger partial charge in [-0.25, -0.2) is 13.6 Å². The number of carbonyl (C=O) groups is 1. The van der Waals surface area contributed by atoms with Crippen LogP contribution in [0.1, 0.15) is 12.8 Å². The first kappa shape index (κ1) is 20.0. The highest BCUT2D eigenvalue weighted by atomic mass is 32.2. The molecule has 1 fully saturated rings. The molecule has 1 aromatic carbocycles. The molecule has 0 saturated carbocycles. The lowest BCUT2D eigenvalue weighted by Crippen LogP contribution is -2.44. The molecule has 7 nitrogen and oxygen atoms in total. The minimum absolute atomic E-state index is 0.0563. The first-order valence-corrected chi connectivity index (χ1v) is 10.9. The molecule has 3 N–H and O–H groups in total. The van der Waals surface area contributed by atoms with Crippen LogP contribution >= 0.6 is 11.8 Å². The molecule has 140 valence electrons. The van der Waals surface area contributed by atoms with E-state index < -0.39 is 10.0 Å². The monoisotopic (exact) mass is 387 g/mol. The predicted molar refractivity (Wildman–Crippen MR) is 99.3 cm³/mol. The number of nitrogens with two attached hydrogens (primary N) is 1. The lowest BCUT2D eigenvalue weighted by molar-refractivity contribution is -0.129. The largest absolute Gasteiger partial charge is 0.493 e. The van der Waals surface area contributed by atoms with Crippen LogP contribution < -0.4 is 15.2 Å². The van der Waals surface area contributed by atoms with E-state index in [4.69, 9.17) is 9.88 Å². The van der Waals surface area contributed by atoms with Gasteiger partial charge in [-0.05, 0) is 50.2 Å². The van der Waals surface area contributed by atoms with Crippen molar-refractivity contribution in [1.82, 2.24) is 10.2 Å². The quantitative estimate of drug-likeness (QED) is 0.635. The van der Waals surface area contributed by atoms with E-state index in [2.05, 4.69) is 5.32 Å². The molecule has 1 aliphatic heterocycles. The van der Waals surface area contributed by atoms with Gasteiger partial charge >= 0.3 is 0 Å². The average molecular weight is 388 g/mol. The van der Waals surface area contributed by atoms with Crippen LogP contribution in [0.25, 0.3) is 0 Å². The molecular formula is C16H25N3O4S2. The van der Waals surface area contributed by atoms with E-state index in [-0.39, 0.29) is 10.8 Å². The third kappa shape index (κ3) is 6.50. The van der Waals surface area contributed by atoms with Crippen molar-refractivity contribution in [2.45, 2.75) is 23.8 Å². The highest BCUT2D eigenvalue weighted by molar-refractivity contribution is 7.99. The number of nitrogens with zero attached hydrogens (tertiary/aromatic N) is 1. The molecule has 1 aromatic rings. The standard InChI is InChI=1S/C16H25N3O4S2/c1-19(13-6-8-18-9-7-13)16(20)12-24-11-10-23-14-2-4-15(5-3-14)25(17,21)22/h2-5,13,18H,6-12H2,1H3,(H2,17,21,22). The summed E-state index contributed by atoms with van der Waals surface area (Å²) in [5, 5.41) is 8.34. The highest BCUT2D eigenvalue weighted by Gasteiger charge is 2.21. The first-order valence-electron chi connectivity index (χ1n) is 8.17. The number of sulfonamides is 1. The summed E-state index contributed by atoms with van der Waals surface area (Å²) in [7, 11) is -1.80. The Hall–Kier alpha value is -1.29. The smallest absolute Gasteiger partial charge is 0.238 e. The van der Waals surface area contributed by atoms with E-state index in [9.17, 15) is 13.2 Å². The molecule has 0 bridgehead atoms. The number of thioether (sulfide) groups is 1. The van der Waals surface area contributed by atoms with Crippen molar-refractivity contribution >= 4 is 27.7 Å². The zero-order valence-corrected chi connectivity index (χ0v) is 15.9. The Balaban J connectivity index is 1.65. The number of ether oxygens (including phenoxy) is 1. The predicted octanol–water partition coefficient (Wildman–Crippen LogP) is 0.656. The van der Waals surface area contributed by atoms with Crippen molar-refractivity contribution in [2.75, 3.05) is 38.2 Å². The summed E-state index contributed by atoms with van der Waals surface area (Å²) in [5.74, 6) is 1.84. The van der Waals surface area contributed by atoms with Gasteiger partial charge in [0.05, 0.1) is 17.3 Å². The number of rotatable bonds is 8. The van der Waals surface area contributed by atoms with Crippen LogP contribution in [0.3, 0.4) is 0 Å². The number of amides is 1. The summed E-state index contributed by atoms with van der Waals surface area (Å²) in [6, 6.07) is 6.30. The van der Waals surface area contributed by atoms with Gasteiger partial charge in [-0.1, -0.05) is 0 Å². The zero-order chi connectivity index (χ0) is 18.3. The summed E-state index contributed by atoms with van der Waals surface area (Å²) in [6.45, 7) is 2.38. The van der Waals surface area contributed by atoms with Crippen molar-refractivity contribution in [2.24, 2.45) is 5.14 Å². The first-order chi connectivity index (χ1) is 11.9. The number of primary sulfonamides is 1. The Morgan fingerprint density at radius 1 is 1.32 bits per heavy atom. The average Bonchev–Trinajstić information content (AvgIpc) is 2.61. The minimum Gasteiger partial charge on any atom is -0.493 e. The second-order valence-electron chi connectivity index (χ2n) is 5.90. The van der Waals surface area contributed by atoms with Crippen LogP contribution in [0.15, 0.2) is 29.2 Å². The van der Waals surface area contributed by atoms with Gasteiger partial charge in [0.25, 0.3) is 0 Å². The fourth-order valence-electron chi connectivity index (χ4n) is 2.60. The number of hydrogen-bond acceptors (Lipinski definition) is 6. The Bertz CT molecular complexity index is 658. The normalized spacial score (nSPS) is 15.8. The van der Waals surface area contributed by atoms with Gasteiger partial charge < -0.3 is 15.0 Å². The molecule has 0 aliphatic carbocycles. The maximum absolute atomic E-state index is 12.2. The molecule has 25 heavy (non-hydrogen) atoms. The fraction of sp³-hybridized carbons (Fsp3) is 0.562. The lowest BCUT2D eigenvalue weighted by Gasteiger charge is -2.31. The lowest BCUT2D eigenvalue weighted by atomic mass is 10.1. The fourth-order valence-corrected chi connectivity index (χ4v) is 3.84. The van der Waals surface area contributed by atoms with Crippen LogP contribution in [0.4, 0.5) is 0 Å². The molecule has 1 saturated heterocycles. The van der Waals surface area contributed by atoms with E-state index in [0.717, 1.165) is 25.9 Å². The van der Waals surface area contributed by atoms with Gasteiger partial charge in [-0.15, -0.1) is 11.8 Å². The SMILES string of the molecule is CN(C(=O)CSCCOc1ccc(S(N)(=O)=O)cc1)C1CCNCC1. The highest BCUT2D eigenvalue weighted by Crippen LogP contribution is 2.16. The number of hydrogen-bond donors (Lipinski definition) is 2. The van der Waals surface area contributed by atoms with Crippen molar-refractivity contribution in [3.63, 3.8) is 0 Å². The van der Waals surface area contributed by atoms with E-state index in [0.29, 0.717) is 29.9 Å². The van der Waals surface area contributed by atoms with Gasteiger partial charge in [0.2, 0.25) is 15.9 Å². The van der Waals surface area contributed by atoms with Crippen molar-refractivity contribution in [3.8, 4) is 5.75 Å². The van der Waals surface area contributed by atoms with Gasteiger partial charge in [0.15, 0.2) is 0 Å². The van der Waals surface area contributed by atoms with Crippen LogP contribution in [0.2, 0.25) is 0 Å². The summed E-state index contributed by atoms with van der Waals surface area (Å²) in [5.41, 5.74) is 0. The summed E-state index contributed by atoms with van der Waals surface area (Å²) in [4.78, 5) is 14.1. The molecule has 1 heterocycles. The maximum atomic E-state index is 12.2. The number of piperidine rings is 1. The molecule has 2 rings (SSSR count). The van der Waals surface area contributed by atoms with E-state index >= 15 is 0 Å². The summed E-state index contributed by atoms with van der Waals surface area (Å²) < 4.78 is 27.9. The topological polar surface area (TPSA) is 102 Å². The molecule has 0 unspecified atom stereocenters. The van der Waals surface area contributed by atoms with Gasteiger partial charge in [0, 0.05) is 18.8 Å². The van der Waals surface area contributed by atoms with Crippen molar-refractivity contribution in [3.05, 3.63) is 24.3 Å². The van der Waals surface area contributed by atoms with E-state index in [1.165, 1.54) is 23.9 Å². The zero-order valence-electron chi connectivity index (χ0n) is 14.3. The molecule has 0 atom stereocenters. The molecular weight excluding hydrogens is 362 g/mol. The van der Waals surface area contributed by atoms with Crippen LogP contribution in [0.5, 0.6) is 5.75 Å². The van der Waals surface area contributed by atoms with Gasteiger partial charge in [-0.2, -0.15) is 0 Å². The van der Waals surface area contributed by atoms with Crippen LogP contribution in [-0.2, 0) is 14.8 Å². The Morgan fingerprint density at radius 3 is 2.56 bits per heavy atom. The molecule has 0 spiro atoms. The third-order valence-corrected chi connectivity index (χ3v) is 5.96. The summed E-state index contributed by atoms with van der Waals surface area (Å²) >= 11 is 1.53. The molecule has 0 aromatic heterocycles. The molecule has 9 heteroatoms. The van der Waals surface area contributed by atoms with E-state index in [1.54, 1.807) is 12.1 Å². The van der Waals surface area contributed by atoms with Crippen molar-refractivity contribution < 1.29 is 17.9 Å². The maximum Gasteiger partial charge on any atom is 0.238 e. The van der Waals surface area contributed by atoms with Gasteiger partial charge in [0.1, 0.15) is 5.75 Å². The van der Waals surface area contributed by atoms with Crippen molar-refractivity contribution in [1.29, 1.82) is 0 Å². The van der Waals surface area contributed by atoms with Crippen LogP contribution in [-0.4, -0.2) is 63.5 Å². The molecule has 0 radical (unpaired) electrons. The van der Waals surface area contributed by atoms with Gasteiger partial charge in [-0.3, -0.25) is 4.79 Å². The van der Waals surface area contributed by atoms with Crippen LogP contribution in [0, 0.1) is 0 Å². The number of nitrogens with one attached hydrogen (secondary N) is 1. The number of benzene rings is 1. The second kappa shape index (κ2) is 9.42. The summed E-state index contributed by atoms with van der Waals surface area (Å²) in [6.07, 6.45) is 2.01. The number of carbonyl (C=O) groups excluding carboxylic acids is 1. The minimum atomic E-state index is -3.68. The molecule has 1 aliphatic rings. The Morgan fingerprint density at radius 2 is 1.96 bits per heavy atom. The second-order valence-corrected chi connectivity index (χ2v) is 8.57. The Kier molecular flexibility index (Phi) is 7.55. The molecule has 1 amide bonds.